The van der Waals surface area contributed by atoms with Crippen molar-refractivity contribution in [2.24, 2.45) is 0 Å². The van der Waals surface area contributed by atoms with E-state index in [1.54, 1.807) is 12.1 Å². The smallest absolute Gasteiger partial charge is 0.335 e. The number of aromatic nitrogens is 1. The Hall–Kier alpha value is -2.36. The molecule has 0 spiro atoms. The summed E-state index contributed by atoms with van der Waals surface area (Å²) in [4.78, 5) is 17.8. The average Bonchev–Trinajstić information content (AvgIpc) is 2.47. The Bertz CT molecular complexity index is 624. The second-order valence-electron chi connectivity index (χ2n) is 5.44. The minimum Gasteiger partial charge on any atom is -0.478 e. The van der Waals surface area contributed by atoms with Gasteiger partial charge in [-0.15, -0.1) is 0 Å². The molecule has 21 heavy (non-hydrogen) atoms. The van der Waals surface area contributed by atoms with Crippen LogP contribution in [0, 0.1) is 0 Å². The van der Waals surface area contributed by atoms with E-state index in [0.717, 1.165) is 11.3 Å². The molecule has 2 aromatic rings. The maximum absolute atomic E-state index is 11.3. The number of carboxylic acid groups (broad SMARTS) is 1. The second kappa shape index (κ2) is 6.39. The highest BCUT2D eigenvalue weighted by molar-refractivity contribution is 5.88. The van der Waals surface area contributed by atoms with E-state index < -0.39 is 5.97 Å². The molecule has 2 rings (SSSR count). The van der Waals surface area contributed by atoms with Crippen molar-refractivity contribution < 1.29 is 9.90 Å². The highest BCUT2D eigenvalue weighted by Crippen LogP contribution is 2.21. The molecule has 0 saturated carbocycles. The molecule has 0 fully saturated rings. The first-order valence-electron chi connectivity index (χ1n) is 6.97. The van der Waals surface area contributed by atoms with E-state index in [-0.39, 0.29) is 11.5 Å². The van der Waals surface area contributed by atoms with Crippen LogP contribution in [0.1, 0.15) is 41.4 Å². The molecule has 1 aromatic carbocycles. The molecule has 1 aromatic heterocycles. The molecular weight excluding hydrogens is 264 g/mol. The zero-order valence-corrected chi connectivity index (χ0v) is 12.6. The molecule has 1 heterocycles. The summed E-state index contributed by atoms with van der Waals surface area (Å²) in [5.74, 6) is -0.0516. The van der Waals surface area contributed by atoms with E-state index in [1.165, 1.54) is 0 Å². The summed E-state index contributed by atoms with van der Waals surface area (Å²) in [5.41, 5.74) is 2.24. The minimum absolute atomic E-state index is 0.188. The quantitative estimate of drug-likeness (QED) is 0.912. The Morgan fingerprint density at radius 2 is 1.90 bits per heavy atom. The molecule has 0 atom stereocenters. The van der Waals surface area contributed by atoms with Gasteiger partial charge in [0.05, 0.1) is 5.56 Å². The van der Waals surface area contributed by atoms with Gasteiger partial charge in [-0.25, -0.2) is 9.78 Å². The summed E-state index contributed by atoms with van der Waals surface area (Å²) in [6, 6.07) is 13.3. The van der Waals surface area contributed by atoms with Gasteiger partial charge in [0.2, 0.25) is 0 Å². The zero-order valence-electron chi connectivity index (χ0n) is 12.6. The van der Waals surface area contributed by atoms with Crippen molar-refractivity contribution in [2.45, 2.75) is 26.3 Å². The maximum atomic E-state index is 11.3. The van der Waals surface area contributed by atoms with Crippen LogP contribution in [0.25, 0.3) is 0 Å². The molecule has 1 N–H and O–H groups in total. The Morgan fingerprint density at radius 3 is 2.48 bits per heavy atom. The predicted molar refractivity (Wildman–Crippen MR) is 83.8 cm³/mol. The molecular formula is C17H20N2O2. The first-order valence-corrected chi connectivity index (χ1v) is 6.97. The summed E-state index contributed by atoms with van der Waals surface area (Å²) in [6.45, 7) is 4.71. The Balaban J connectivity index is 2.31. The number of anilines is 1. The number of aromatic carboxylic acids is 1. The number of carboxylic acids is 1. The summed E-state index contributed by atoms with van der Waals surface area (Å²) >= 11 is 0. The predicted octanol–water partition coefficient (Wildman–Crippen LogP) is 3.54. The molecule has 0 aliphatic rings. The molecule has 0 radical (unpaired) electrons. The zero-order chi connectivity index (χ0) is 15.4. The summed E-state index contributed by atoms with van der Waals surface area (Å²) in [5, 5.41) is 9.24. The van der Waals surface area contributed by atoms with Crippen LogP contribution in [0.4, 0.5) is 5.82 Å². The number of rotatable bonds is 5. The number of benzene rings is 1. The van der Waals surface area contributed by atoms with Crippen molar-refractivity contribution in [1.29, 1.82) is 0 Å². The van der Waals surface area contributed by atoms with Gasteiger partial charge in [-0.2, -0.15) is 0 Å². The first-order chi connectivity index (χ1) is 9.97. The number of nitrogens with zero attached hydrogens (tertiary/aromatic N) is 2. The molecule has 0 bridgehead atoms. The number of carbonyl (C=O) groups is 1. The fraction of sp³-hybridized carbons (Fsp3) is 0.294. The van der Waals surface area contributed by atoms with Gasteiger partial charge in [-0.1, -0.05) is 44.2 Å². The molecule has 0 saturated heterocycles. The largest absolute Gasteiger partial charge is 0.478 e. The van der Waals surface area contributed by atoms with E-state index >= 15 is 0 Å². The monoisotopic (exact) mass is 284 g/mol. The third-order valence-electron chi connectivity index (χ3n) is 3.32. The van der Waals surface area contributed by atoms with Crippen LogP contribution in [0.5, 0.6) is 0 Å². The highest BCUT2D eigenvalue weighted by Gasteiger charge is 2.13. The van der Waals surface area contributed by atoms with Crippen LogP contribution >= 0.6 is 0 Å². The lowest BCUT2D eigenvalue weighted by molar-refractivity contribution is 0.0696. The Kier molecular flexibility index (Phi) is 4.58. The number of hydrogen-bond acceptors (Lipinski definition) is 3. The topological polar surface area (TPSA) is 53.4 Å². The molecule has 0 amide bonds. The SMILES string of the molecule is CC(C)c1cc(C(=O)O)cc(N(C)Cc2ccccc2)n1. The van der Waals surface area contributed by atoms with E-state index in [2.05, 4.69) is 4.98 Å². The van der Waals surface area contributed by atoms with Gasteiger partial charge in [-0.05, 0) is 23.6 Å². The van der Waals surface area contributed by atoms with Crippen molar-refractivity contribution >= 4 is 11.8 Å². The summed E-state index contributed by atoms with van der Waals surface area (Å²) < 4.78 is 0. The van der Waals surface area contributed by atoms with E-state index in [9.17, 15) is 9.90 Å². The summed E-state index contributed by atoms with van der Waals surface area (Å²) in [6.07, 6.45) is 0. The third-order valence-corrected chi connectivity index (χ3v) is 3.32. The third kappa shape index (κ3) is 3.81. The van der Waals surface area contributed by atoms with Gasteiger partial charge in [0.1, 0.15) is 5.82 Å². The molecule has 4 nitrogen and oxygen atoms in total. The van der Waals surface area contributed by atoms with Crippen LogP contribution in [-0.4, -0.2) is 23.1 Å². The standard InChI is InChI=1S/C17H20N2O2/c1-12(2)15-9-14(17(20)21)10-16(18-15)19(3)11-13-7-5-4-6-8-13/h4-10,12H,11H2,1-3H3,(H,20,21). The lowest BCUT2D eigenvalue weighted by atomic mass is 10.1. The first kappa shape index (κ1) is 15.0. The summed E-state index contributed by atoms with van der Waals surface area (Å²) in [7, 11) is 1.92. The molecule has 0 aliphatic carbocycles. The van der Waals surface area contributed by atoms with Crippen LogP contribution in [-0.2, 0) is 6.54 Å². The Labute approximate surface area is 125 Å². The van der Waals surface area contributed by atoms with Gasteiger partial charge in [0.25, 0.3) is 0 Å². The highest BCUT2D eigenvalue weighted by atomic mass is 16.4. The van der Waals surface area contributed by atoms with Crippen LogP contribution in [0.2, 0.25) is 0 Å². The van der Waals surface area contributed by atoms with Gasteiger partial charge in [-0.3, -0.25) is 0 Å². The maximum Gasteiger partial charge on any atom is 0.335 e. The molecule has 4 heteroatoms. The van der Waals surface area contributed by atoms with Crippen molar-refractivity contribution in [3.05, 3.63) is 59.3 Å². The van der Waals surface area contributed by atoms with Gasteiger partial charge in [0.15, 0.2) is 0 Å². The van der Waals surface area contributed by atoms with Crippen molar-refractivity contribution in [3.63, 3.8) is 0 Å². The minimum atomic E-state index is -0.923. The van der Waals surface area contributed by atoms with Crippen molar-refractivity contribution in [3.8, 4) is 0 Å². The van der Waals surface area contributed by atoms with Gasteiger partial charge < -0.3 is 10.0 Å². The lowest BCUT2D eigenvalue weighted by Gasteiger charge is -2.20. The second-order valence-corrected chi connectivity index (χ2v) is 5.44. The van der Waals surface area contributed by atoms with Gasteiger partial charge in [0, 0.05) is 19.3 Å². The van der Waals surface area contributed by atoms with E-state index in [4.69, 9.17) is 0 Å². The van der Waals surface area contributed by atoms with Gasteiger partial charge >= 0.3 is 5.97 Å². The fourth-order valence-corrected chi connectivity index (χ4v) is 2.09. The Morgan fingerprint density at radius 1 is 1.24 bits per heavy atom. The van der Waals surface area contributed by atoms with Crippen molar-refractivity contribution in [2.75, 3.05) is 11.9 Å². The molecule has 0 aliphatic heterocycles. The average molecular weight is 284 g/mol. The normalized spacial score (nSPS) is 10.7. The van der Waals surface area contributed by atoms with Crippen LogP contribution in [0.15, 0.2) is 42.5 Å². The molecule has 110 valence electrons. The lowest BCUT2D eigenvalue weighted by Crippen LogP contribution is -2.19. The van der Waals surface area contributed by atoms with Crippen molar-refractivity contribution in [1.82, 2.24) is 4.98 Å². The molecule has 0 unspecified atom stereocenters. The van der Waals surface area contributed by atoms with E-state index in [0.29, 0.717) is 12.4 Å². The number of pyridine rings is 1. The van der Waals surface area contributed by atoms with Crippen LogP contribution in [0.3, 0.4) is 0 Å². The number of hydrogen-bond donors (Lipinski definition) is 1. The van der Waals surface area contributed by atoms with Crippen LogP contribution < -0.4 is 4.90 Å². The van der Waals surface area contributed by atoms with E-state index in [1.807, 2.05) is 56.1 Å². The fourth-order valence-electron chi connectivity index (χ4n) is 2.09.